The lowest BCUT2D eigenvalue weighted by molar-refractivity contribution is 0.0995. The molecule has 2 aromatic rings. The van der Waals surface area contributed by atoms with E-state index in [1.54, 1.807) is 18.4 Å². The van der Waals surface area contributed by atoms with Gasteiger partial charge in [-0.25, -0.2) is 4.98 Å². The van der Waals surface area contributed by atoms with E-state index in [-0.39, 0.29) is 11.7 Å². The molecule has 0 bridgehead atoms. The van der Waals surface area contributed by atoms with Crippen molar-refractivity contribution in [1.82, 2.24) is 4.98 Å². The Morgan fingerprint density at radius 2 is 2.22 bits per heavy atom. The van der Waals surface area contributed by atoms with Crippen molar-refractivity contribution in [2.24, 2.45) is 5.73 Å². The number of nitrogens with one attached hydrogen (secondary N) is 1. The van der Waals surface area contributed by atoms with E-state index in [0.717, 1.165) is 5.76 Å². The minimum absolute atomic E-state index is 0.113. The molecule has 0 aliphatic carbocycles. The van der Waals surface area contributed by atoms with Crippen LogP contribution in [0.5, 0.6) is 0 Å². The number of carbonyl (C=O) groups excluding carboxylic acids is 1. The van der Waals surface area contributed by atoms with Gasteiger partial charge in [0.05, 0.1) is 18.0 Å². The molecule has 0 aliphatic rings. The van der Waals surface area contributed by atoms with Crippen LogP contribution >= 0.6 is 0 Å². The maximum Gasteiger partial charge on any atom is 0.267 e. The molecule has 94 valence electrons. The molecule has 0 saturated heterocycles. The number of primary amides is 1. The molecule has 1 amide bonds. The van der Waals surface area contributed by atoms with E-state index in [4.69, 9.17) is 15.9 Å². The first-order valence-electron chi connectivity index (χ1n) is 5.44. The molecule has 2 aromatic heterocycles. The van der Waals surface area contributed by atoms with Gasteiger partial charge < -0.3 is 21.2 Å². The van der Waals surface area contributed by atoms with E-state index in [0.29, 0.717) is 11.5 Å². The fourth-order valence-electron chi connectivity index (χ4n) is 1.54. The van der Waals surface area contributed by atoms with Gasteiger partial charge in [-0.05, 0) is 31.2 Å². The van der Waals surface area contributed by atoms with Crippen LogP contribution in [0.25, 0.3) is 0 Å². The Labute approximate surface area is 104 Å². The molecular formula is C12H14N4O2. The Hall–Kier alpha value is -2.50. The van der Waals surface area contributed by atoms with Gasteiger partial charge in [-0.15, -0.1) is 0 Å². The number of nitrogen functional groups attached to an aromatic ring is 1. The Bertz CT molecular complexity index is 551. The zero-order valence-corrected chi connectivity index (χ0v) is 9.88. The molecule has 18 heavy (non-hydrogen) atoms. The first-order valence-corrected chi connectivity index (χ1v) is 5.44. The standard InChI is InChI=1S/C12H14N4O2/c1-7(10-3-2-6-18-10)15-12-8(13)4-5-9(16-12)11(14)17/h2-7H,13H2,1H3,(H2,14,17)(H,15,16). The molecule has 1 unspecified atom stereocenters. The highest BCUT2D eigenvalue weighted by Crippen LogP contribution is 2.22. The summed E-state index contributed by atoms with van der Waals surface area (Å²) in [4.78, 5) is 15.1. The summed E-state index contributed by atoms with van der Waals surface area (Å²) in [6.45, 7) is 1.90. The number of pyridine rings is 1. The van der Waals surface area contributed by atoms with Gasteiger partial charge in [-0.3, -0.25) is 4.79 Å². The smallest absolute Gasteiger partial charge is 0.267 e. The summed E-state index contributed by atoms with van der Waals surface area (Å²) >= 11 is 0. The van der Waals surface area contributed by atoms with Crippen molar-refractivity contribution in [2.75, 3.05) is 11.1 Å². The zero-order valence-electron chi connectivity index (χ0n) is 9.88. The average Bonchev–Trinajstić information content (AvgIpc) is 2.85. The molecule has 2 heterocycles. The number of amides is 1. The molecular weight excluding hydrogens is 232 g/mol. The van der Waals surface area contributed by atoms with Crippen molar-refractivity contribution >= 4 is 17.4 Å². The van der Waals surface area contributed by atoms with Crippen molar-refractivity contribution < 1.29 is 9.21 Å². The monoisotopic (exact) mass is 246 g/mol. The number of carbonyl (C=O) groups is 1. The first-order chi connectivity index (χ1) is 8.58. The van der Waals surface area contributed by atoms with Crippen molar-refractivity contribution in [3.8, 4) is 0 Å². The summed E-state index contributed by atoms with van der Waals surface area (Å²) < 4.78 is 5.26. The third-order valence-corrected chi connectivity index (χ3v) is 2.50. The summed E-state index contributed by atoms with van der Waals surface area (Å²) in [5.74, 6) is 0.569. The predicted molar refractivity (Wildman–Crippen MR) is 67.9 cm³/mol. The number of hydrogen-bond donors (Lipinski definition) is 3. The number of hydrogen-bond acceptors (Lipinski definition) is 5. The van der Waals surface area contributed by atoms with Crippen LogP contribution in [0.15, 0.2) is 34.9 Å². The maximum atomic E-state index is 11.1. The maximum absolute atomic E-state index is 11.1. The predicted octanol–water partition coefficient (Wildman–Crippen LogP) is 1.53. The van der Waals surface area contributed by atoms with E-state index in [1.165, 1.54) is 6.07 Å². The second-order valence-electron chi connectivity index (χ2n) is 3.88. The minimum atomic E-state index is -0.594. The van der Waals surface area contributed by atoms with Crippen LogP contribution in [0.2, 0.25) is 0 Å². The fraction of sp³-hybridized carbons (Fsp3) is 0.167. The second kappa shape index (κ2) is 4.79. The summed E-state index contributed by atoms with van der Waals surface area (Å²) in [6, 6.07) is 6.60. The van der Waals surface area contributed by atoms with Crippen LogP contribution in [0, 0.1) is 0 Å². The van der Waals surface area contributed by atoms with E-state index in [9.17, 15) is 4.79 Å². The third kappa shape index (κ3) is 2.42. The molecule has 0 spiro atoms. The minimum Gasteiger partial charge on any atom is -0.467 e. The quantitative estimate of drug-likeness (QED) is 0.758. The Kier molecular flexibility index (Phi) is 3.18. The Balaban J connectivity index is 2.23. The van der Waals surface area contributed by atoms with Gasteiger partial charge in [0.15, 0.2) is 5.82 Å². The fourth-order valence-corrected chi connectivity index (χ4v) is 1.54. The molecule has 0 radical (unpaired) electrons. The van der Waals surface area contributed by atoms with Crippen molar-refractivity contribution in [2.45, 2.75) is 13.0 Å². The van der Waals surface area contributed by atoms with Crippen LogP contribution in [0.1, 0.15) is 29.2 Å². The van der Waals surface area contributed by atoms with E-state index >= 15 is 0 Å². The first kappa shape index (κ1) is 12.0. The van der Waals surface area contributed by atoms with Crippen LogP contribution in [-0.2, 0) is 0 Å². The average molecular weight is 246 g/mol. The SMILES string of the molecule is CC(Nc1nc(C(N)=O)ccc1N)c1ccco1. The largest absolute Gasteiger partial charge is 0.467 e. The number of anilines is 2. The normalized spacial score (nSPS) is 12.1. The summed E-state index contributed by atoms with van der Waals surface area (Å²) in [5, 5.41) is 3.07. The van der Waals surface area contributed by atoms with Gasteiger partial charge in [0.25, 0.3) is 5.91 Å². The summed E-state index contributed by atoms with van der Waals surface area (Å²) in [5.41, 5.74) is 11.6. The summed E-state index contributed by atoms with van der Waals surface area (Å²) in [7, 11) is 0. The molecule has 0 saturated carbocycles. The van der Waals surface area contributed by atoms with E-state index < -0.39 is 5.91 Å². The van der Waals surface area contributed by atoms with Gasteiger partial charge in [0.2, 0.25) is 0 Å². The number of furan rings is 1. The van der Waals surface area contributed by atoms with Crippen molar-refractivity contribution in [1.29, 1.82) is 0 Å². The van der Waals surface area contributed by atoms with Crippen LogP contribution < -0.4 is 16.8 Å². The van der Waals surface area contributed by atoms with Gasteiger partial charge in [0.1, 0.15) is 11.5 Å². The molecule has 6 nitrogen and oxygen atoms in total. The number of aromatic nitrogens is 1. The molecule has 5 N–H and O–H groups in total. The summed E-state index contributed by atoms with van der Waals surface area (Å²) in [6.07, 6.45) is 1.59. The van der Waals surface area contributed by atoms with Crippen molar-refractivity contribution in [3.63, 3.8) is 0 Å². The molecule has 0 fully saturated rings. The number of nitrogens with zero attached hydrogens (tertiary/aromatic N) is 1. The van der Waals surface area contributed by atoms with Crippen molar-refractivity contribution in [3.05, 3.63) is 42.0 Å². The lowest BCUT2D eigenvalue weighted by Crippen LogP contribution is -2.16. The molecule has 6 heteroatoms. The van der Waals surface area contributed by atoms with Crippen LogP contribution in [0.4, 0.5) is 11.5 Å². The molecule has 1 atom stereocenters. The van der Waals surface area contributed by atoms with E-state index in [1.807, 2.05) is 13.0 Å². The van der Waals surface area contributed by atoms with Gasteiger partial charge in [0, 0.05) is 0 Å². The van der Waals surface area contributed by atoms with Gasteiger partial charge in [-0.2, -0.15) is 0 Å². The highest BCUT2D eigenvalue weighted by Gasteiger charge is 2.12. The van der Waals surface area contributed by atoms with Gasteiger partial charge in [-0.1, -0.05) is 0 Å². The third-order valence-electron chi connectivity index (χ3n) is 2.50. The zero-order chi connectivity index (χ0) is 13.1. The Morgan fingerprint density at radius 1 is 1.44 bits per heavy atom. The topological polar surface area (TPSA) is 107 Å². The molecule has 0 aromatic carbocycles. The number of nitrogens with two attached hydrogens (primary N) is 2. The highest BCUT2D eigenvalue weighted by molar-refractivity contribution is 5.91. The van der Waals surface area contributed by atoms with Crippen LogP contribution in [-0.4, -0.2) is 10.9 Å². The molecule has 2 rings (SSSR count). The lowest BCUT2D eigenvalue weighted by atomic mass is 10.2. The molecule has 0 aliphatic heterocycles. The lowest BCUT2D eigenvalue weighted by Gasteiger charge is -2.14. The highest BCUT2D eigenvalue weighted by atomic mass is 16.3. The van der Waals surface area contributed by atoms with Gasteiger partial charge >= 0.3 is 0 Å². The van der Waals surface area contributed by atoms with Crippen LogP contribution in [0.3, 0.4) is 0 Å². The second-order valence-corrected chi connectivity index (χ2v) is 3.88. The number of rotatable bonds is 4. The van der Waals surface area contributed by atoms with E-state index in [2.05, 4.69) is 10.3 Å². The Morgan fingerprint density at radius 3 is 2.83 bits per heavy atom.